The quantitative estimate of drug-likeness (QED) is 0.595. The Labute approximate surface area is 88.2 Å². The Hall–Kier alpha value is -1.89. The summed E-state index contributed by atoms with van der Waals surface area (Å²) in [6.07, 6.45) is 6.31. The van der Waals surface area contributed by atoms with Crippen molar-refractivity contribution in [1.29, 1.82) is 0 Å². The minimum absolute atomic E-state index is 0.671. The number of imidazole rings is 1. The van der Waals surface area contributed by atoms with Crippen LogP contribution in [0.5, 0.6) is 0 Å². The topological polar surface area (TPSA) is 54.5 Å². The van der Waals surface area contributed by atoms with Gasteiger partial charge in [-0.3, -0.25) is 0 Å². The van der Waals surface area contributed by atoms with Crippen LogP contribution in [0.15, 0.2) is 12.7 Å². The highest BCUT2D eigenvalue weighted by molar-refractivity contribution is 5.75. The Morgan fingerprint density at radius 1 is 1.33 bits per heavy atom. The molecule has 2 aromatic heterocycles. The van der Waals surface area contributed by atoms with Crippen molar-refractivity contribution in [2.75, 3.05) is 0 Å². The minimum Gasteiger partial charge on any atom is -0.341 e. The summed E-state index contributed by atoms with van der Waals surface area (Å²) in [5.74, 6) is 6.13. The zero-order valence-electron chi connectivity index (χ0n) is 8.62. The van der Waals surface area contributed by atoms with Crippen molar-refractivity contribution in [2.24, 2.45) is 0 Å². The number of aromatic amines is 1. The highest BCUT2D eigenvalue weighted by atomic mass is 15.0. The van der Waals surface area contributed by atoms with E-state index in [0.29, 0.717) is 5.65 Å². The maximum absolute atomic E-state index is 4.12. The Bertz CT molecular complexity index is 504. The monoisotopic (exact) mass is 200 g/mol. The molecule has 0 spiro atoms. The third-order valence-electron chi connectivity index (χ3n) is 2.09. The third-order valence-corrected chi connectivity index (χ3v) is 2.09. The van der Waals surface area contributed by atoms with E-state index >= 15 is 0 Å². The molecule has 0 radical (unpaired) electrons. The molecule has 0 atom stereocenters. The van der Waals surface area contributed by atoms with E-state index in [1.807, 2.05) is 0 Å². The molecule has 4 heteroatoms. The van der Waals surface area contributed by atoms with E-state index < -0.39 is 0 Å². The summed E-state index contributed by atoms with van der Waals surface area (Å²) in [5, 5.41) is 0. The van der Waals surface area contributed by atoms with Gasteiger partial charge in [-0.15, -0.1) is 0 Å². The van der Waals surface area contributed by atoms with Crippen LogP contribution in [-0.2, 0) is 0 Å². The molecule has 0 fully saturated rings. The number of aromatic nitrogens is 4. The smallest absolute Gasteiger partial charge is 0.181 e. The number of fused-ring (bicyclic) bond motifs is 1. The second-order valence-corrected chi connectivity index (χ2v) is 3.23. The molecule has 0 aliphatic heterocycles. The summed E-state index contributed by atoms with van der Waals surface area (Å²) < 4.78 is 0. The highest BCUT2D eigenvalue weighted by Gasteiger charge is 2.01. The molecule has 0 bridgehead atoms. The van der Waals surface area contributed by atoms with Crippen LogP contribution in [0.3, 0.4) is 0 Å². The van der Waals surface area contributed by atoms with Crippen LogP contribution >= 0.6 is 0 Å². The summed E-state index contributed by atoms with van der Waals surface area (Å²) >= 11 is 0. The molecule has 0 aromatic carbocycles. The van der Waals surface area contributed by atoms with Gasteiger partial charge in [0.05, 0.1) is 6.33 Å². The fourth-order valence-corrected chi connectivity index (χ4v) is 1.27. The fourth-order valence-electron chi connectivity index (χ4n) is 1.27. The maximum Gasteiger partial charge on any atom is 0.181 e. The van der Waals surface area contributed by atoms with Gasteiger partial charge in [-0.25, -0.2) is 15.0 Å². The fraction of sp³-hybridized carbons (Fsp3) is 0.364. The summed E-state index contributed by atoms with van der Waals surface area (Å²) in [6.45, 7) is 2.15. The number of unbranched alkanes of at least 4 members (excludes halogenated alkanes) is 2. The average molecular weight is 200 g/mol. The average Bonchev–Trinajstić information content (AvgIpc) is 2.73. The van der Waals surface area contributed by atoms with Crippen molar-refractivity contribution in [2.45, 2.75) is 26.2 Å². The van der Waals surface area contributed by atoms with E-state index in [1.54, 1.807) is 6.33 Å². The summed E-state index contributed by atoms with van der Waals surface area (Å²) in [7, 11) is 0. The first-order valence-electron chi connectivity index (χ1n) is 5.04. The van der Waals surface area contributed by atoms with Crippen LogP contribution in [0.4, 0.5) is 0 Å². The van der Waals surface area contributed by atoms with Crippen LogP contribution in [0, 0.1) is 11.8 Å². The Morgan fingerprint density at radius 2 is 2.27 bits per heavy atom. The molecule has 0 saturated carbocycles. The van der Waals surface area contributed by atoms with Gasteiger partial charge in [0.15, 0.2) is 5.65 Å². The zero-order chi connectivity index (χ0) is 10.5. The molecule has 0 saturated heterocycles. The van der Waals surface area contributed by atoms with Crippen molar-refractivity contribution in [3.05, 3.63) is 18.3 Å². The normalized spacial score (nSPS) is 9.93. The SMILES string of the molecule is CCCCC#Cc1ncnc2nc[nH]c12. The molecule has 2 rings (SSSR count). The second-order valence-electron chi connectivity index (χ2n) is 3.23. The number of nitrogens with zero attached hydrogens (tertiary/aromatic N) is 3. The molecule has 2 aromatic rings. The van der Waals surface area contributed by atoms with E-state index in [9.17, 15) is 0 Å². The lowest BCUT2D eigenvalue weighted by molar-refractivity contribution is 0.828. The summed E-state index contributed by atoms with van der Waals surface area (Å²) in [5.41, 5.74) is 2.22. The molecule has 76 valence electrons. The molecule has 15 heavy (non-hydrogen) atoms. The van der Waals surface area contributed by atoms with E-state index in [-0.39, 0.29) is 0 Å². The van der Waals surface area contributed by atoms with E-state index in [0.717, 1.165) is 30.5 Å². The van der Waals surface area contributed by atoms with Gasteiger partial charge in [-0.1, -0.05) is 19.3 Å². The molecular formula is C11H12N4. The van der Waals surface area contributed by atoms with Gasteiger partial charge >= 0.3 is 0 Å². The summed E-state index contributed by atoms with van der Waals surface area (Å²) in [6, 6.07) is 0. The van der Waals surface area contributed by atoms with Crippen LogP contribution < -0.4 is 0 Å². The predicted octanol–water partition coefficient (Wildman–Crippen LogP) is 1.89. The highest BCUT2D eigenvalue weighted by Crippen LogP contribution is 2.07. The van der Waals surface area contributed by atoms with Crippen LogP contribution in [0.2, 0.25) is 0 Å². The van der Waals surface area contributed by atoms with Gasteiger partial charge < -0.3 is 4.98 Å². The van der Waals surface area contributed by atoms with Crippen molar-refractivity contribution in [3.63, 3.8) is 0 Å². The number of nitrogens with one attached hydrogen (secondary N) is 1. The third kappa shape index (κ3) is 2.13. The lowest BCUT2D eigenvalue weighted by Crippen LogP contribution is -1.87. The van der Waals surface area contributed by atoms with Gasteiger partial charge in [0.1, 0.15) is 17.5 Å². The Morgan fingerprint density at radius 3 is 3.13 bits per heavy atom. The lowest BCUT2D eigenvalue weighted by Gasteiger charge is -1.90. The number of hydrogen-bond acceptors (Lipinski definition) is 3. The van der Waals surface area contributed by atoms with E-state index in [1.165, 1.54) is 6.33 Å². The largest absolute Gasteiger partial charge is 0.341 e. The van der Waals surface area contributed by atoms with Crippen LogP contribution in [-0.4, -0.2) is 19.9 Å². The molecule has 0 aliphatic carbocycles. The van der Waals surface area contributed by atoms with Crippen molar-refractivity contribution < 1.29 is 0 Å². The van der Waals surface area contributed by atoms with Crippen molar-refractivity contribution >= 4 is 11.2 Å². The van der Waals surface area contributed by atoms with E-state index in [2.05, 4.69) is 38.7 Å². The Balaban J connectivity index is 2.26. The molecular weight excluding hydrogens is 188 g/mol. The van der Waals surface area contributed by atoms with Crippen LogP contribution in [0.25, 0.3) is 11.2 Å². The van der Waals surface area contributed by atoms with Gasteiger partial charge in [0, 0.05) is 6.42 Å². The molecule has 1 N–H and O–H groups in total. The zero-order valence-corrected chi connectivity index (χ0v) is 8.62. The second kappa shape index (κ2) is 4.56. The summed E-state index contributed by atoms with van der Waals surface area (Å²) in [4.78, 5) is 15.2. The number of rotatable bonds is 2. The first kappa shape index (κ1) is 9.66. The minimum atomic E-state index is 0.671. The molecule has 0 unspecified atom stereocenters. The van der Waals surface area contributed by atoms with Gasteiger partial charge in [0.2, 0.25) is 0 Å². The number of H-pyrrole nitrogens is 1. The first-order valence-corrected chi connectivity index (χ1v) is 5.04. The van der Waals surface area contributed by atoms with Gasteiger partial charge in [-0.2, -0.15) is 0 Å². The standard InChI is InChI=1S/C11H12N4/c1-2-3-4-5-6-9-10-11(14-7-12-9)15-8-13-10/h7-8H,2-4H2,1H3,(H,12,13,14,15). The van der Waals surface area contributed by atoms with Crippen LogP contribution in [0.1, 0.15) is 31.9 Å². The lowest BCUT2D eigenvalue weighted by atomic mass is 10.2. The van der Waals surface area contributed by atoms with Crippen molar-refractivity contribution in [1.82, 2.24) is 19.9 Å². The first-order chi connectivity index (χ1) is 7.42. The molecule has 0 aliphatic rings. The van der Waals surface area contributed by atoms with Gasteiger partial charge in [0.25, 0.3) is 0 Å². The molecule has 2 heterocycles. The molecule has 4 nitrogen and oxygen atoms in total. The Kier molecular flexibility index (Phi) is 2.93. The van der Waals surface area contributed by atoms with E-state index in [4.69, 9.17) is 0 Å². The van der Waals surface area contributed by atoms with Gasteiger partial charge in [-0.05, 0) is 12.3 Å². The number of hydrogen-bond donors (Lipinski definition) is 1. The van der Waals surface area contributed by atoms with Crippen molar-refractivity contribution in [3.8, 4) is 11.8 Å². The molecule has 0 amide bonds. The maximum atomic E-state index is 4.12. The predicted molar refractivity (Wildman–Crippen MR) is 58.1 cm³/mol.